The number of aliphatic hydroxyl groups excluding tert-OH is 1. The Morgan fingerprint density at radius 2 is 2.14 bits per heavy atom. The van der Waals surface area contributed by atoms with Crippen molar-refractivity contribution in [3.05, 3.63) is 0 Å². The molecule has 0 radical (unpaired) electrons. The molecule has 0 aromatic heterocycles. The quantitative estimate of drug-likeness (QED) is 0.678. The number of hydrogen-bond acceptors (Lipinski definition) is 3. The Kier molecular flexibility index (Phi) is 6.31. The van der Waals surface area contributed by atoms with Crippen molar-refractivity contribution in [1.29, 1.82) is 0 Å². The minimum atomic E-state index is -2.60. The molecule has 6 heteroatoms. The Bertz CT molecular complexity index is 178. The van der Waals surface area contributed by atoms with E-state index in [0.29, 0.717) is 0 Å². The standard InChI is InChI=1S/C8H15F2NO3/c1-6(14-2)8(13)11(3-4-12)5-7(9)10/h6-7,12H,3-5H2,1-2H3. The van der Waals surface area contributed by atoms with E-state index in [-0.39, 0.29) is 13.2 Å². The van der Waals surface area contributed by atoms with Gasteiger partial charge in [0.25, 0.3) is 12.3 Å². The number of rotatable bonds is 6. The predicted molar refractivity (Wildman–Crippen MR) is 46.1 cm³/mol. The molecule has 0 saturated carbocycles. The summed E-state index contributed by atoms with van der Waals surface area (Å²) in [6.45, 7) is 0.358. The number of carbonyl (C=O) groups is 1. The molecule has 4 nitrogen and oxygen atoms in total. The van der Waals surface area contributed by atoms with E-state index in [2.05, 4.69) is 0 Å². The molecule has 0 aromatic rings. The van der Waals surface area contributed by atoms with Crippen molar-refractivity contribution in [1.82, 2.24) is 4.90 Å². The van der Waals surface area contributed by atoms with E-state index >= 15 is 0 Å². The van der Waals surface area contributed by atoms with E-state index in [4.69, 9.17) is 9.84 Å². The average Bonchev–Trinajstić information content (AvgIpc) is 2.14. The largest absolute Gasteiger partial charge is 0.395 e. The Morgan fingerprint density at radius 1 is 1.57 bits per heavy atom. The zero-order chi connectivity index (χ0) is 11.1. The van der Waals surface area contributed by atoms with Gasteiger partial charge in [0.15, 0.2) is 0 Å². The molecule has 84 valence electrons. The van der Waals surface area contributed by atoms with Crippen LogP contribution < -0.4 is 0 Å². The lowest BCUT2D eigenvalue weighted by Crippen LogP contribution is -2.42. The van der Waals surface area contributed by atoms with E-state index in [1.54, 1.807) is 0 Å². The highest BCUT2D eigenvalue weighted by atomic mass is 19.3. The summed E-state index contributed by atoms with van der Waals surface area (Å²) < 4.78 is 28.7. The third-order valence-electron chi connectivity index (χ3n) is 1.74. The van der Waals surface area contributed by atoms with Crippen molar-refractivity contribution in [3.63, 3.8) is 0 Å². The first-order valence-corrected chi connectivity index (χ1v) is 4.23. The molecule has 0 fully saturated rings. The maximum Gasteiger partial charge on any atom is 0.255 e. The maximum absolute atomic E-state index is 12.0. The molecular formula is C8H15F2NO3. The van der Waals surface area contributed by atoms with Crippen LogP contribution in [0.5, 0.6) is 0 Å². The van der Waals surface area contributed by atoms with Crippen LogP contribution in [-0.2, 0) is 9.53 Å². The molecule has 0 rings (SSSR count). The van der Waals surface area contributed by atoms with Gasteiger partial charge in [0.1, 0.15) is 6.10 Å². The number of halogens is 2. The molecule has 1 amide bonds. The highest BCUT2D eigenvalue weighted by molar-refractivity contribution is 5.80. The van der Waals surface area contributed by atoms with Crippen LogP contribution in [0.15, 0.2) is 0 Å². The van der Waals surface area contributed by atoms with Crippen molar-refractivity contribution in [2.45, 2.75) is 19.5 Å². The molecular weight excluding hydrogens is 196 g/mol. The Labute approximate surface area is 81.5 Å². The van der Waals surface area contributed by atoms with Crippen molar-refractivity contribution in [3.8, 4) is 0 Å². The Hall–Kier alpha value is -0.750. The second-order valence-electron chi connectivity index (χ2n) is 2.78. The van der Waals surface area contributed by atoms with Crippen LogP contribution >= 0.6 is 0 Å². The molecule has 1 atom stereocenters. The van der Waals surface area contributed by atoms with Crippen molar-refractivity contribution in [2.75, 3.05) is 26.8 Å². The van der Waals surface area contributed by atoms with Gasteiger partial charge in [-0.3, -0.25) is 4.79 Å². The van der Waals surface area contributed by atoms with E-state index in [0.717, 1.165) is 4.90 Å². The number of ether oxygens (including phenoxy) is 1. The summed E-state index contributed by atoms with van der Waals surface area (Å²) in [6.07, 6.45) is -3.37. The molecule has 1 unspecified atom stereocenters. The van der Waals surface area contributed by atoms with Crippen LogP contribution in [0.25, 0.3) is 0 Å². The zero-order valence-electron chi connectivity index (χ0n) is 8.24. The fourth-order valence-electron chi connectivity index (χ4n) is 0.937. The molecule has 0 aliphatic heterocycles. The molecule has 0 aromatic carbocycles. The topological polar surface area (TPSA) is 49.8 Å². The van der Waals surface area contributed by atoms with Gasteiger partial charge in [-0.15, -0.1) is 0 Å². The zero-order valence-corrected chi connectivity index (χ0v) is 8.24. The van der Waals surface area contributed by atoms with Crippen molar-refractivity contribution >= 4 is 5.91 Å². The van der Waals surface area contributed by atoms with Gasteiger partial charge in [-0.25, -0.2) is 8.78 Å². The first kappa shape index (κ1) is 13.2. The van der Waals surface area contributed by atoms with Gasteiger partial charge in [0.05, 0.1) is 13.2 Å². The van der Waals surface area contributed by atoms with E-state index < -0.39 is 25.0 Å². The van der Waals surface area contributed by atoms with Gasteiger partial charge in [-0.2, -0.15) is 0 Å². The molecule has 0 aliphatic carbocycles. The highest BCUT2D eigenvalue weighted by Crippen LogP contribution is 2.02. The SMILES string of the molecule is COC(C)C(=O)N(CCO)CC(F)F. The lowest BCUT2D eigenvalue weighted by molar-refractivity contribution is -0.143. The molecule has 0 bridgehead atoms. The van der Waals surface area contributed by atoms with Gasteiger partial charge in [-0.1, -0.05) is 0 Å². The lowest BCUT2D eigenvalue weighted by atomic mass is 10.3. The van der Waals surface area contributed by atoms with Gasteiger partial charge in [0.2, 0.25) is 0 Å². The number of aliphatic hydroxyl groups is 1. The number of alkyl halides is 2. The number of carbonyl (C=O) groups excluding carboxylic acids is 1. The third-order valence-corrected chi connectivity index (χ3v) is 1.74. The monoisotopic (exact) mass is 211 g/mol. The fourth-order valence-corrected chi connectivity index (χ4v) is 0.937. The fraction of sp³-hybridized carbons (Fsp3) is 0.875. The first-order chi connectivity index (χ1) is 6.52. The summed E-state index contributed by atoms with van der Waals surface area (Å²) in [4.78, 5) is 12.2. The van der Waals surface area contributed by atoms with Gasteiger partial charge in [-0.05, 0) is 6.92 Å². The van der Waals surface area contributed by atoms with Crippen LogP contribution in [0.2, 0.25) is 0 Å². The third kappa shape index (κ3) is 4.48. The van der Waals surface area contributed by atoms with Gasteiger partial charge < -0.3 is 14.7 Å². The average molecular weight is 211 g/mol. The van der Waals surface area contributed by atoms with Crippen LogP contribution in [0.3, 0.4) is 0 Å². The Balaban J connectivity index is 4.24. The highest BCUT2D eigenvalue weighted by Gasteiger charge is 2.22. The maximum atomic E-state index is 12.0. The van der Waals surface area contributed by atoms with Crippen LogP contribution in [0, 0.1) is 0 Å². The number of methoxy groups -OCH3 is 1. The predicted octanol–water partition coefficient (Wildman–Crippen LogP) is 0.107. The number of nitrogens with zero attached hydrogens (tertiary/aromatic N) is 1. The second kappa shape index (κ2) is 6.67. The van der Waals surface area contributed by atoms with E-state index in [1.165, 1.54) is 14.0 Å². The van der Waals surface area contributed by atoms with Crippen LogP contribution in [0.1, 0.15) is 6.92 Å². The minimum Gasteiger partial charge on any atom is -0.395 e. The summed E-state index contributed by atoms with van der Waals surface area (Å²) in [5.74, 6) is -0.540. The molecule has 0 saturated heterocycles. The summed E-state index contributed by atoms with van der Waals surface area (Å²) in [5.41, 5.74) is 0. The van der Waals surface area contributed by atoms with Crippen molar-refractivity contribution in [2.24, 2.45) is 0 Å². The summed E-state index contributed by atoms with van der Waals surface area (Å²) in [5, 5.41) is 8.57. The van der Waals surface area contributed by atoms with Crippen LogP contribution in [0.4, 0.5) is 8.78 Å². The smallest absolute Gasteiger partial charge is 0.255 e. The van der Waals surface area contributed by atoms with Gasteiger partial charge >= 0.3 is 0 Å². The van der Waals surface area contributed by atoms with Crippen LogP contribution in [-0.4, -0.2) is 55.2 Å². The van der Waals surface area contributed by atoms with Gasteiger partial charge in [0, 0.05) is 13.7 Å². The molecule has 0 heterocycles. The molecule has 14 heavy (non-hydrogen) atoms. The van der Waals surface area contributed by atoms with Crippen molar-refractivity contribution < 1.29 is 23.4 Å². The van der Waals surface area contributed by atoms with E-state index in [1.807, 2.05) is 0 Å². The summed E-state index contributed by atoms with van der Waals surface area (Å²) in [6, 6.07) is 0. The first-order valence-electron chi connectivity index (χ1n) is 4.23. The second-order valence-corrected chi connectivity index (χ2v) is 2.78. The molecule has 0 aliphatic rings. The molecule has 1 N–H and O–H groups in total. The minimum absolute atomic E-state index is 0.100. The number of hydrogen-bond donors (Lipinski definition) is 1. The van der Waals surface area contributed by atoms with E-state index in [9.17, 15) is 13.6 Å². The summed E-state index contributed by atoms with van der Waals surface area (Å²) >= 11 is 0. The number of amides is 1. The lowest BCUT2D eigenvalue weighted by Gasteiger charge is -2.23. The normalized spacial score (nSPS) is 13.0. The Morgan fingerprint density at radius 3 is 2.50 bits per heavy atom. The molecule has 0 spiro atoms. The summed E-state index contributed by atoms with van der Waals surface area (Å²) in [7, 11) is 1.32.